The number of carbonyl (C=O) groups is 1. The maximum absolute atomic E-state index is 12.8. The van der Waals surface area contributed by atoms with Crippen molar-refractivity contribution >= 4 is 16.0 Å². The van der Waals surface area contributed by atoms with E-state index in [0.29, 0.717) is 25.5 Å². The third-order valence-electron chi connectivity index (χ3n) is 4.40. The van der Waals surface area contributed by atoms with Crippen LogP contribution < -0.4 is 0 Å². The minimum absolute atomic E-state index is 0.0745. The van der Waals surface area contributed by atoms with Crippen molar-refractivity contribution in [3.63, 3.8) is 0 Å². The fourth-order valence-corrected chi connectivity index (χ4v) is 4.53. The lowest BCUT2D eigenvalue weighted by atomic mass is 10.2. The molecule has 2 heterocycles. The first-order valence-electron chi connectivity index (χ1n) is 9.04. The molecular formula is C17H23N5O4S. The second kappa shape index (κ2) is 8.57. The van der Waals surface area contributed by atoms with Gasteiger partial charge in [0, 0.05) is 19.6 Å². The smallest absolute Gasteiger partial charge is 0.338 e. The van der Waals surface area contributed by atoms with E-state index < -0.39 is 16.0 Å². The van der Waals surface area contributed by atoms with Crippen LogP contribution in [0.5, 0.6) is 0 Å². The number of hydrogen-bond acceptors (Lipinski definition) is 7. The molecule has 1 fully saturated rings. The number of benzene rings is 1. The molecule has 1 aliphatic heterocycles. The molecule has 0 atom stereocenters. The van der Waals surface area contributed by atoms with Gasteiger partial charge in [0.2, 0.25) is 10.0 Å². The standard InChI is InChI=1S/C17H23N5O4S/c1-2-9-22-16(18-19-20-22)13-26-17(23)14-7-6-8-15(12-14)27(24,25)21-10-4-3-5-11-21/h6-8,12H,2-5,9-11,13H2,1H3. The van der Waals surface area contributed by atoms with Crippen molar-refractivity contribution in [1.29, 1.82) is 0 Å². The molecular weight excluding hydrogens is 370 g/mol. The van der Waals surface area contributed by atoms with E-state index in [1.807, 2.05) is 6.92 Å². The van der Waals surface area contributed by atoms with Gasteiger partial charge in [-0.15, -0.1) is 5.10 Å². The molecule has 0 spiro atoms. The molecule has 0 unspecified atom stereocenters. The number of carbonyl (C=O) groups excluding carboxylic acids is 1. The summed E-state index contributed by atoms with van der Waals surface area (Å²) < 4.78 is 33.8. The molecule has 1 aromatic carbocycles. The van der Waals surface area contributed by atoms with Crippen LogP contribution in [0.4, 0.5) is 0 Å². The van der Waals surface area contributed by atoms with Gasteiger partial charge >= 0.3 is 5.97 Å². The molecule has 0 bridgehead atoms. The van der Waals surface area contributed by atoms with Crippen molar-refractivity contribution in [3.8, 4) is 0 Å². The van der Waals surface area contributed by atoms with Gasteiger partial charge < -0.3 is 4.74 Å². The fourth-order valence-electron chi connectivity index (χ4n) is 2.96. The third kappa shape index (κ3) is 4.51. The molecule has 1 aromatic heterocycles. The number of sulfonamides is 1. The predicted molar refractivity (Wildman–Crippen MR) is 96.3 cm³/mol. The maximum Gasteiger partial charge on any atom is 0.338 e. The summed E-state index contributed by atoms with van der Waals surface area (Å²) in [4.78, 5) is 12.5. The van der Waals surface area contributed by atoms with E-state index in [4.69, 9.17) is 4.74 Å². The average molecular weight is 393 g/mol. The lowest BCUT2D eigenvalue weighted by Crippen LogP contribution is -2.35. The van der Waals surface area contributed by atoms with Crippen molar-refractivity contribution in [3.05, 3.63) is 35.7 Å². The molecule has 10 heteroatoms. The Balaban J connectivity index is 1.71. The molecule has 0 saturated carbocycles. The van der Waals surface area contributed by atoms with Gasteiger partial charge in [0.15, 0.2) is 12.4 Å². The van der Waals surface area contributed by atoms with Crippen LogP contribution in [0.1, 0.15) is 48.8 Å². The number of hydrogen-bond donors (Lipinski definition) is 0. The van der Waals surface area contributed by atoms with Crippen LogP contribution in [0.3, 0.4) is 0 Å². The summed E-state index contributed by atoms with van der Waals surface area (Å²) in [6, 6.07) is 5.95. The summed E-state index contributed by atoms with van der Waals surface area (Å²) >= 11 is 0. The van der Waals surface area contributed by atoms with Crippen molar-refractivity contribution in [2.24, 2.45) is 0 Å². The molecule has 27 heavy (non-hydrogen) atoms. The second-order valence-electron chi connectivity index (χ2n) is 6.39. The number of aryl methyl sites for hydroxylation is 1. The van der Waals surface area contributed by atoms with Crippen LogP contribution >= 0.6 is 0 Å². The molecule has 1 aliphatic rings. The predicted octanol–water partition coefficient (Wildman–Crippen LogP) is 1.61. The molecule has 0 N–H and O–H groups in total. The zero-order valence-electron chi connectivity index (χ0n) is 15.2. The van der Waals surface area contributed by atoms with Crippen LogP contribution in [0, 0.1) is 0 Å². The Hall–Kier alpha value is -2.33. The number of tetrazole rings is 1. The quantitative estimate of drug-likeness (QED) is 0.658. The summed E-state index contributed by atoms with van der Waals surface area (Å²) in [5.74, 6) is -0.168. The summed E-state index contributed by atoms with van der Waals surface area (Å²) in [5.41, 5.74) is 0.183. The highest BCUT2D eigenvalue weighted by molar-refractivity contribution is 7.89. The maximum atomic E-state index is 12.8. The minimum atomic E-state index is -3.60. The first kappa shape index (κ1) is 19.4. The van der Waals surface area contributed by atoms with Crippen LogP contribution in [-0.2, 0) is 27.9 Å². The van der Waals surface area contributed by atoms with Gasteiger partial charge in [-0.25, -0.2) is 17.9 Å². The third-order valence-corrected chi connectivity index (χ3v) is 6.29. The van der Waals surface area contributed by atoms with Crippen molar-refractivity contribution in [2.45, 2.75) is 50.7 Å². The summed E-state index contributed by atoms with van der Waals surface area (Å²) in [6.07, 6.45) is 3.60. The van der Waals surface area contributed by atoms with Crippen LogP contribution in [0.25, 0.3) is 0 Å². The number of aromatic nitrogens is 4. The lowest BCUT2D eigenvalue weighted by molar-refractivity contribution is 0.0456. The summed E-state index contributed by atoms with van der Waals surface area (Å²) in [7, 11) is -3.60. The molecule has 3 rings (SSSR count). The highest BCUT2D eigenvalue weighted by atomic mass is 32.2. The number of nitrogens with zero attached hydrogens (tertiary/aromatic N) is 5. The monoisotopic (exact) mass is 393 g/mol. The van der Waals surface area contributed by atoms with E-state index in [2.05, 4.69) is 15.5 Å². The SMILES string of the molecule is CCCn1nnnc1COC(=O)c1cccc(S(=O)(=O)N2CCCCC2)c1. The Morgan fingerprint density at radius 1 is 1.22 bits per heavy atom. The Bertz CT molecular complexity index is 890. The summed E-state index contributed by atoms with van der Waals surface area (Å²) in [5, 5.41) is 11.3. The van der Waals surface area contributed by atoms with Gasteiger partial charge in [0.25, 0.3) is 0 Å². The van der Waals surface area contributed by atoms with Crippen LogP contribution in [0.15, 0.2) is 29.2 Å². The lowest BCUT2D eigenvalue weighted by Gasteiger charge is -2.25. The van der Waals surface area contributed by atoms with E-state index in [-0.39, 0.29) is 17.1 Å². The highest BCUT2D eigenvalue weighted by Gasteiger charge is 2.26. The second-order valence-corrected chi connectivity index (χ2v) is 8.32. The van der Waals surface area contributed by atoms with Crippen LogP contribution in [-0.4, -0.2) is 52.0 Å². The largest absolute Gasteiger partial charge is 0.454 e. The van der Waals surface area contributed by atoms with Gasteiger partial charge in [0.1, 0.15) is 0 Å². The Morgan fingerprint density at radius 3 is 2.74 bits per heavy atom. The summed E-state index contributed by atoms with van der Waals surface area (Å²) in [6.45, 7) is 3.57. The number of esters is 1. The van der Waals surface area contributed by atoms with Crippen LogP contribution in [0.2, 0.25) is 0 Å². The van der Waals surface area contributed by atoms with E-state index in [0.717, 1.165) is 25.7 Å². The number of ether oxygens (including phenoxy) is 1. The molecule has 9 nitrogen and oxygen atoms in total. The van der Waals surface area contributed by atoms with Gasteiger partial charge in [-0.05, 0) is 47.9 Å². The van der Waals surface area contributed by atoms with Gasteiger partial charge in [-0.2, -0.15) is 4.31 Å². The van der Waals surface area contributed by atoms with E-state index >= 15 is 0 Å². The highest BCUT2D eigenvalue weighted by Crippen LogP contribution is 2.21. The Morgan fingerprint density at radius 2 is 2.00 bits per heavy atom. The van der Waals surface area contributed by atoms with Gasteiger partial charge in [-0.3, -0.25) is 0 Å². The minimum Gasteiger partial charge on any atom is -0.454 e. The molecule has 0 radical (unpaired) electrons. The van der Waals surface area contributed by atoms with E-state index in [1.165, 1.54) is 22.5 Å². The van der Waals surface area contributed by atoms with Gasteiger partial charge in [0.05, 0.1) is 10.5 Å². The number of rotatable bonds is 7. The molecule has 0 aliphatic carbocycles. The Kier molecular flexibility index (Phi) is 6.17. The van der Waals surface area contributed by atoms with Crippen molar-refractivity contribution < 1.29 is 17.9 Å². The van der Waals surface area contributed by atoms with Gasteiger partial charge in [-0.1, -0.05) is 19.4 Å². The average Bonchev–Trinajstić information content (AvgIpc) is 3.14. The number of piperidine rings is 1. The van der Waals surface area contributed by atoms with E-state index in [1.54, 1.807) is 10.7 Å². The normalized spacial score (nSPS) is 15.6. The van der Waals surface area contributed by atoms with E-state index in [9.17, 15) is 13.2 Å². The fraction of sp³-hybridized carbons (Fsp3) is 0.529. The first-order chi connectivity index (χ1) is 13.0. The molecule has 2 aromatic rings. The van der Waals surface area contributed by atoms with Crippen molar-refractivity contribution in [2.75, 3.05) is 13.1 Å². The molecule has 1 saturated heterocycles. The first-order valence-corrected chi connectivity index (χ1v) is 10.5. The topological polar surface area (TPSA) is 107 Å². The molecule has 146 valence electrons. The zero-order chi connectivity index (χ0) is 19.3. The molecule has 0 amide bonds. The zero-order valence-corrected chi connectivity index (χ0v) is 16.1. The Labute approximate surface area is 158 Å². The van der Waals surface area contributed by atoms with Crippen molar-refractivity contribution in [1.82, 2.24) is 24.5 Å².